The van der Waals surface area contributed by atoms with Crippen molar-refractivity contribution < 1.29 is 21.2 Å². The highest BCUT2D eigenvalue weighted by molar-refractivity contribution is 7.97. The molecule has 2 heterocycles. The Morgan fingerprint density at radius 2 is 0.464 bits per heavy atom. The monoisotopic (exact) mass is 1100 g/mol. The Morgan fingerprint density at radius 3 is 0.710 bits per heavy atom. The van der Waals surface area contributed by atoms with Crippen LogP contribution in [-0.2, 0) is 32.7 Å². The van der Waals surface area contributed by atoms with E-state index >= 15 is 0 Å². The number of benzene rings is 7. The minimum Gasteiger partial charge on any atom is -0.0683 e. The first-order chi connectivity index (χ1) is 34.3. The summed E-state index contributed by atoms with van der Waals surface area (Å²) in [7, 11) is 1.19. The first kappa shape index (κ1) is 67.4. The molecule has 0 N–H and O–H groups in total. The van der Waals surface area contributed by atoms with Crippen molar-refractivity contribution in [3.05, 3.63) is 219 Å². The number of hydrogen-bond donors (Lipinski definition) is 0. The van der Waals surface area contributed by atoms with Crippen LogP contribution in [0.4, 0.5) is 0 Å². The Balaban J connectivity index is 0. The molecule has 0 nitrogen and oxygen atoms in total. The SMILES string of the molecule is CC.CC.CC.CC.CC.CC.CC.c1ccc([I+]c2ccccc2)cc1.c1ccc([S+](c2ccccc2)c2ccccc2)cc1.c1ccc([S+]2CCCC2)cc1.c1ccc([S+]2CCCCC2)cc1. The zero-order valence-corrected chi connectivity index (χ0v) is 50.3. The van der Waals surface area contributed by atoms with E-state index in [-0.39, 0.29) is 32.1 Å². The zero-order valence-electron chi connectivity index (χ0n) is 45.7. The molecule has 9 rings (SSSR count). The molecule has 2 aliphatic rings. The van der Waals surface area contributed by atoms with Gasteiger partial charge in [0.25, 0.3) is 0 Å². The topological polar surface area (TPSA) is 0 Å². The molecule has 0 aliphatic carbocycles. The molecule has 2 fully saturated rings. The van der Waals surface area contributed by atoms with Crippen molar-refractivity contribution >= 4 is 32.7 Å². The summed E-state index contributed by atoms with van der Waals surface area (Å²) in [6, 6.07) is 75.5. The maximum absolute atomic E-state index is 2.29. The van der Waals surface area contributed by atoms with Gasteiger partial charge in [-0.1, -0.05) is 224 Å². The zero-order chi connectivity index (χ0) is 51.6. The summed E-state index contributed by atoms with van der Waals surface area (Å²) >= 11 is 0.0287. The van der Waals surface area contributed by atoms with E-state index in [0.717, 1.165) is 0 Å². The van der Waals surface area contributed by atoms with E-state index in [0.29, 0.717) is 21.8 Å². The van der Waals surface area contributed by atoms with Crippen LogP contribution in [0, 0.1) is 7.14 Å². The molecule has 0 bridgehead atoms. The molecule has 376 valence electrons. The van der Waals surface area contributed by atoms with E-state index < -0.39 is 0 Å². The largest absolute Gasteiger partial charge is 0.357 e. The van der Waals surface area contributed by atoms with Gasteiger partial charge in [-0.05, 0) is 117 Å². The maximum Gasteiger partial charge on any atom is 0.357 e. The molecule has 0 aromatic heterocycles. The van der Waals surface area contributed by atoms with Crippen molar-refractivity contribution in [3.8, 4) is 0 Å². The fourth-order valence-corrected chi connectivity index (χ4v) is 15.4. The molecular formula is C65H95IS3+4. The molecule has 2 aliphatic heterocycles. The lowest BCUT2D eigenvalue weighted by Gasteiger charge is -2.12. The lowest BCUT2D eigenvalue weighted by molar-refractivity contribution is -0.597. The third-order valence-electron chi connectivity index (χ3n) is 9.09. The third-order valence-corrected chi connectivity index (χ3v) is 19.0. The molecular weight excluding hydrogens is 1000 g/mol. The van der Waals surface area contributed by atoms with Crippen LogP contribution in [0.1, 0.15) is 129 Å². The lowest BCUT2D eigenvalue weighted by Crippen LogP contribution is -3.61. The highest BCUT2D eigenvalue weighted by Crippen LogP contribution is 2.30. The highest BCUT2D eigenvalue weighted by atomic mass is 127. The van der Waals surface area contributed by atoms with Crippen molar-refractivity contribution in [2.24, 2.45) is 0 Å². The van der Waals surface area contributed by atoms with Gasteiger partial charge in [-0.25, -0.2) is 0 Å². The summed E-state index contributed by atoms with van der Waals surface area (Å²) in [5.74, 6) is 5.74. The normalized spacial score (nSPS) is 11.8. The summed E-state index contributed by atoms with van der Waals surface area (Å²) in [5.41, 5.74) is 0. The van der Waals surface area contributed by atoms with Crippen LogP contribution in [0.15, 0.2) is 237 Å². The predicted molar refractivity (Wildman–Crippen MR) is 318 cm³/mol. The van der Waals surface area contributed by atoms with E-state index in [2.05, 4.69) is 212 Å². The van der Waals surface area contributed by atoms with E-state index in [9.17, 15) is 0 Å². The molecule has 4 heteroatoms. The van der Waals surface area contributed by atoms with Gasteiger partial charge in [-0.15, -0.1) is 0 Å². The minimum absolute atomic E-state index is 0.0146. The average Bonchev–Trinajstić information content (AvgIpc) is 4.03. The van der Waals surface area contributed by atoms with Crippen LogP contribution in [0.5, 0.6) is 0 Å². The molecule has 0 unspecified atom stereocenters. The molecule has 2 saturated heterocycles. The van der Waals surface area contributed by atoms with Crippen LogP contribution >= 0.6 is 0 Å². The predicted octanol–water partition coefficient (Wildman–Crippen LogP) is 17.1. The van der Waals surface area contributed by atoms with Gasteiger partial charge in [0.05, 0.1) is 10.9 Å². The van der Waals surface area contributed by atoms with Crippen molar-refractivity contribution in [1.29, 1.82) is 0 Å². The maximum atomic E-state index is 2.29. The fraction of sp³-hybridized carbons (Fsp3) is 0.354. The van der Waals surface area contributed by atoms with Crippen LogP contribution in [0.2, 0.25) is 0 Å². The molecule has 7 aromatic carbocycles. The van der Waals surface area contributed by atoms with Crippen molar-refractivity contribution in [1.82, 2.24) is 0 Å². The number of hydrogen-bond acceptors (Lipinski definition) is 0. The first-order valence-electron chi connectivity index (χ1n) is 26.4. The van der Waals surface area contributed by atoms with Crippen molar-refractivity contribution in [3.63, 3.8) is 0 Å². The van der Waals surface area contributed by atoms with Crippen LogP contribution < -0.4 is 21.2 Å². The van der Waals surface area contributed by atoms with Gasteiger partial charge in [-0.2, -0.15) is 0 Å². The van der Waals surface area contributed by atoms with Gasteiger partial charge in [0.2, 0.25) is 0 Å². The van der Waals surface area contributed by atoms with Gasteiger partial charge in [0, 0.05) is 21.8 Å². The first-order valence-corrected chi connectivity index (χ1v) is 32.9. The second-order valence-electron chi connectivity index (χ2n) is 13.1. The Hall–Kier alpha value is -3.68. The minimum atomic E-state index is -0.0146. The number of rotatable bonds is 7. The lowest BCUT2D eigenvalue weighted by atomic mass is 10.3. The second kappa shape index (κ2) is 50.7. The average molecular weight is 1100 g/mol. The van der Waals surface area contributed by atoms with Crippen LogP contribution in [0.25, 0.3) is 0 Å². The van der Waals surface area contributed by atoms with E-state index in [4.69, 9.17) is 0 Å². The standard InChI is InChI=1S/C18H15S.C12H10I.C11H15S.C10H13S.7C2H6/c1-4-10-16(11-5-1)19(17-12-6-2-7-13-17)18-14-8-3-9-15-18;1-3-7-11(8-4-1)13-12-9-5-2-6-10-12;1-3-7-11(8-4-1)12-9-5-2-6-10-12;1-2-6-10(7-3-1)11-8-4-5-9-11;7*1-2/h1-15H;1-10H;1,3-4,7-8H,2,5-6,9-10H2;1-3,6-7H,4-5,8-9H2;7*1-2H3/q4*+1;;;;;;;. The second-order valence-corrected chi connectivity index (χ2v) is 22.7. The molecule has 0 radical (unpaired) electrons. The van der Waals surface area contributed by atoms with Crippen LogP contribution in [-0.4, -0.2) is 23.0 Å². The van der Waals surface area contributed by atoms with Gasteiger partial charge in [-0.3, -0.25) is 0 Å². The molecule has 7 aromatic rings. The Kier molecular flexibility index (Phi) is 49.5. The molecule has 0 atom stereocenters. The van der Waals surface area contributed by atoms with E-state index in [1.54, 1.807) is 9.79 Å². The van der Waals surface area contributed by atoms with Gasteiger partial charge in [0.15, 0.2) is 31.6 Å². The number of halogens is 1. The molecule has 0 saturated carbocycles. The fourth-order valence-electron chi connectivity index (χ4n) is 6.34. The summed E-state index contributed by atoms with van der Waals surface area (Å²) < 4.78 is 2.96. The molecule has 0 spiro atoms. The van der Waals surface area contributed by atoms with E-state index in [1.165, 1.54) is 76.9 Å². The Morgan fingerprint density at radius 1 is 0.261 bits per heavy atom. The smallest absolute Gasteiger partial charge is 0.0683 e. The van der Waals surface area contributed by atoms with Gasteiger partial charge in [0.1, 0.15) is 23.0 Å². The van der Waals surface area contributed by atoms with Gasteiger partial charge >= 0.3 is 21.2 Å². The molecule has 69 heavy (non-hydrogen) atoms. The summed E-state index contributed by atoms with van der Waals surface area (Å²) in [5, 5.41) is 0. The van der Waals surface area contributed by atoms with Crippen LogP contribution in [0.3, 0.4) is 0 Å². The summed E-state index contributed by atoms with van der Waals surface area (Å²) in [6.45, 7) is 28.0. The van der Waals surface area contributed by atoms with Crippen molar-refractivity contribution in [2.45, 2.75) is 154 Å². The molecule has 0 amide bonds. The highest BCUT2D eigenvalue weighted by Gasteiger charge is 2.28. The van der Waals surface area contributed by atoms with E-state index in [1.807, 2.05) is 96.9 Å². The van der Waals surface area contributed by atoms with Crippen molar-refractivity contribution in [2.75, 3.05) is 23.0 Å². The summed E-state index contributed by atoms with van der Waals surface area (Å²) in [6.07, 6.45) is 7.22. The quantitative estimate of drug-likeness (QED) is 0.110. The Bertz CT molecular complexity index is 1850. The third kappa shape index (κ3) is 30.0. The van der Waals surface area contributed by atoms with Gasteiger partial charge < -0.3 is 0 Å². The summed E-state index contributed by atoms with van der Waals surface area (Å²) in [4.78, 5) is 7.24. The Labute approximate surface area is 446 Å².